The van der Waals surface area contributed by atoms with Gasteiger partial charge in [0, 0.05) is 13.1 Å². The SMILES string of the molecule is COC(=O)N[C@@H](C(=O)N1CCC[C@H]1c1nc2cc(-c3ccc4[nH]c([C@@H]5CCCN5C(=O)[C@H](NC(=O)OC)C(C)C)nc4c3)ccc2[nH]1)C(C)C. The summed E-state index contributed by atoms with van der Waals surface area (Å²) in [6.07, 6.45) is 1.95. The molecule has 0 saturated carbocycles. The van der Waals surface area contributed by atoms with E-state index in [0.29, 0.717) is 24.7 Å². The van der Waals surface area contributed by atoms with Gasteiger partial charge < -0.3 is 39.9 Å². The molecular weight excluding hydrogens is 640 g/mol. The summed E-state index contributed by atoms with van der Waals surface area (Å²) in [5, 5.41) is 5.39. The number of carbonyl (C=O) groups is 4. The number of likely N-dealkylation sites (tertiary alicyclic amines) is 2. The molecule has 0 bridgehead atoms. The van der Waals surface area contributed by atoms with Crippen molar-refractivity contribution in [1.29, 1.82) is 0 Å². The van der Waals surface area contributed by atoms with Crippen molar-refractivity contribution in [2.75, 3.05) is 27.3 Å². The molecule has 14 nitrogen and oxygen atoms in total. The Morgan fingerprint density at radius 1 is 0.700 bits per heavy atom. The molecule has 4 amide bonds. The zero-order valence-electron chi connectivity index (χ0n) is 29.4. The number of nitrogens with one attached hydrogen (secondary N) is 4. The number of aromatic amines is 2. The van der Waals surface area contributed by atoms with Crippen LogP contribution in [0.2, 0.25) is 0 Å². The van der Waals surface area contributed by atoms with Crippen LogP contribution in [-0.2, 0) is 19.1 Å². The van der Waals surface area contributed by atoms with Crippen LogP contribution < -0.4 is 10.6 Å². The predicted molar refractivity (Wildman–Crippen MR) is 187 cm³/mol. The van der Waals surface area contributed by atoms with Gasteiger partial charge in [-0.2, -0.15) is 0 Å². The van der Waals surface area contributed by atoms with Gasteiger partial charge in [-0.3, -0.25) is 9.59 Å². The Morgan fingerprint density at radius 2 is 1.10 bits per heavy atom. The molecule has 0 aliphatic carbocycles. The molecule has 2 aromatic carbocycles. The summed E-state index contributed by atoms with van der Waals surface area (Å²) in [4.78, 5) is 71.4. The molecule has 4 atom stereocenters. The van der Waals surface area contributed by atoms with E-state index in [1.807, 2.05) is 64.1 Å². The Balaban J connectivity index is 1.22. The number of imidazole rings is 2. The lowest BCUT2D eigenvalue weighted by atomic mass is 10.0. The van der Waals surface area contributed by atoms with Crippen LogP contribution in [-0.4, -0.2) is 93.1 Å². The summed E-state index contributed by atoms with van der Waals surface area (Å²) in [5.74, 6) is 0.903. The van der Waals surface area contributed by atoms with Crippen LogP contribution in [0, 0.1) is 11.8 Å². The first-order valence-electron chi connectivity index (χ1n) is 17.3. The summed E-state index contributed by atoms with van der Waals surface area (Å²) in [7, 11) is 2.57. The molecule has 2 aliphatic heterocycles. The number of nitrogens with zero attached hydrogens (tertiary/aromatic N) is 4. The molecule has 4 heterocycles. The standard InChI is InChI=1S/C36H46N8O6/c1-19(2)29(41-35(47)49-5)33(45)43-15-7-9-27(43)31-37-23-13-11-21(17-25(23)39-31)22-12-14-24-26(18-22)40-32(38-24)28-10-8-16-44(28)34(46)30(20(3)4)42-36(48)50-6/h11-14,17-20,27-30H,7-10,15-16H2,1-6H3,(H,37,39)(H,38,40)(H,41,47)(H,42,48)/t27-,28-,29+,30+/m0/s1. The quantitative estimate of drug-likeness (QED) is 0.186. The van der Waals surface area contributed by atoms with Gasteiger partial charge in [0.05, 0.1) is 48.4 Å². The van der Waals surface area contributed by atoms with Crippen molar-refractivity contribution in [3.63, 3.8) is 0 Å². The number of hydrogen-bond acceptors (Lipinski definition) is 8. The van der Waals surface area contributed by atoms with E-state index in [4.69, 9.17) is 19.4 Å². The van der Waals surface area contributed by atoms with Crippen molar-refractivity contribution >= 4 is 46.1 Å². The third-order valence-electron chi connectivity index (χ3n) is 9.82. The van der Waals surface area contributed by atoms with Crippen molar-refractivity contribution in [1.82, 2.24) is 40.4 Å². The second kappa shape index (κ2) is 14.4. The van der Waals surface area contributed by atoms with Crippen LogP contribution in [0.4, 0.5) is 9.59 Å². The lowest BCUT2D eigenvalue weighted by molar-refractivity contribution is -0.136. The Kier molecular flexibility index (Phi) is 9.98. The zero-order chi connectivity index (χ0) is 35.7. The first-order valence-corrected chi connectivity index (χ1v) is 17.3. The second-order valence-electron chi connectivity index (χ2n) is 13.8. The van der Waals surface area contributed by atoms with Gasteiger partial charge in [0.1, 0.15) is 23.7 Å². The lowest BCUT2D eigenvalue weighted by Gasteiger charge is -2.29. The van der Waals surface area contributed by atoms with E-state index in [9.17, 15) is 19.2 Å². The second-order valence-corrected chi connectivity index (χ2v) is 13.8. The van der Waals surface area contributed by atoms with Gasteiger partial charge in [0.25, 0.3) is 0 Å². The fourth-order valence-corrected chi connectivity index (χ4v) is 7.11. The zero-order valence-corrected chi connectivity index (χ0v) is 29.4. The predicted octanol–water partition coefficient (Wildman–Crippen LogP) is 5.19. The maximum atomic E-state index is 13.6. The topological polar surface area (TPSA) is 175 Å². The highest BCUT2D eigenvalue weighted by Gasteiger charge is 2.39. The minimum Gasteiger partial charge on any atom is -0.453 e. The Labute approximate surface area is 290 Å². The van der Waals surface area contributed by atoms with E-state index in [1.165, 1.54) is 14.2 Å². The van der Waals surface area contributed by atoms with Crippen molar-refractivity contribution in [2.45, 2.75) is 77.5 Å². The average Bonchev–Trinajstić information content (AvgIpc) is 3.92. The van der Waals surface area contributed by atoms with Crippen LogP contribution in [0.1, 0.15) is 77.1 Å². The number of carbonyl (C=O) groups excluding carboxylic acids is 4. The summed E-state index contributed by atoms with van der Waals surface area (Å²) in [5.41, 5.74) is 5.24. The number of alkyl carbamates (subject to hydrolysis) is 2. The minimum atomic E-state index is -0.700. The van der Waals surface area contributed by atoms with E-state index in [1.54, 1.807) is 9.80 Å². The smallest absolute Gasteiger partial charge is 0.407 e. The van der Waals surface area contributed by atoms with Gasteiger partial charge in [0.2, 0.25) is 11.8 Å². The molecule has 50 heavy (non-hydrogen) atoms. The van der Waals surface area contributed by atoms with Crippen molar-refractivity contribution in [2.24, 2.45) is 11.8 Å². The molecule has 266 valence electrons. The fraction of sp³-hybridized carbons (Fsp3) is 0.500. The van der Waals surface area contributed by atoms with Crippen molar-refractivity contribution < 1.29 is 28.7 Å². The van der Waals surface area contributed by atoms with Crippen LogP contribution in [0.3, 0.4) is 0 Å². The summed E-state index contributed by atoms with van der Waals surface area (Å²) >= 11 is 0. The fourth-order valence-electron chi connectivity index (χ4n) is 7.11. The minimum absolute atomic E-state index is 0.115. The number of amides is 4. The molecule has 2 fully saturated rings. The number of ether oxygens (including phenoxy) is 2. The molecule has 4 aromatic rings. The van der Waals surface area contributed by atoms with Gasteiger partial charge in [-0.15, -0.1) is 0 Å². The number of fused-ring (bicyclic) bond motifs is 2. The summed E-state index contributed by atoms with van der Waals surface area (Å²) in [6, 6.07) is 10.2. The van der Waals surface area contributed by atoms with E-state index in [2.05, 4.69) is 20.6 Å². The van der Waals surface area contributed by atoms with Gasteiger partial charge in [-0.25, -0.2) is 19.6 Å². The molecule has 4 N–H and O–H groups in total. The number of aromatic nitrogens is 4. The Morgan fingerprint density at radius 3 is 1.46 bits per heavy atom. The number of benzene rings is 2. The first kappa shape index (κ1) is 34.7. The molecule has 14 heteroatoms. The molecule has 0 radical (unpaired) electrons. The van der Waals surface area contributed by atoms with Gasteiger partial charge in [-0.05, 0) is 72.9 Å². The highest BCUT2D eigenvalue weighted by atomic mass is 16.5. The van der Waals surface area contributed by atoms with Gasteiger partial charge in [-0.1, -0.05) is 39.8 Å². The van der Waals surface area contributed by atoms with Crippen LogP contribution >= 0.6 is 0 Å². The monoisotopic (exact) mass is 686 g/mol. The van der Waals surface area contributed by atoms with Crippen LogP contribution in [0.25, 0.3) is 33.2 Å². The molecular formula is C36H46N8O6. The van der Waals surface area contributed by atoms with E-state index < -0.39 is 24.3 Å². The van der Waals surface area contributed by atoms with E-state index >= 15 is 0 Å². The van der Waals surface area contributed by atoms with Crippen molar-refractivity contribution in [3.8, 4) is 11.1 Å². The maximum Gasteiger partial charge on any atom is 0.407 e. The molecule has 0 spiro atoms. The van der Waals surface area contributed by atoms with E-state index in [0.717, 1.165) is 58.9 Å². The third kappa shape index (κ3) is 6.83. The highest BCUT2D eigenvalue weighted by molar-refractivity contribution is 5.89. The van der Waals surface area contributed by atoms with E-state index in [-0.39, 0.29) is 35.7 Å². The first-order chi connectivity index (χ1) is 24.0. The number of hydrogen-bond donors (Lipinski definition) is 4. The van der Waals surface area contributed by atoms with Gasteiger partial charge >= 0.3 is 12.2 Å². The molecule has 0 unspecified atom stereocenters. The highest BCUT2D eigenvalue weighted by Crippen LogP contribution is 2.35. The van der Waals surface area contributed by atoms with Crippen LogP contribution in [0.15, 0.2) is 36.4 Å². The average molecular weight is 687 g/mol. The number of rotatable bonds is 9. The Bertz CT molecular complexity index is 1760. The largest absolute Gasteiger partial charge is 0.453 e. The third-order valence-corrected chi connectivity index (χ3v) is 9.82. The Hall–Kier alpha value is -5.14. The lowest BCUT2D eigenvalue weighted by Crippen LogP contribution is -2.51. The van der Waals surface area contributed by atoms with Crippen molar-refractivity contribution in [3.05, 3.63) is 48.0 Å². The normalized spacial score (nSPS) is 19.0. The summed E-state index contributed by atoms with van der Waals surface area (Å²) < 4.78 is 9.52. The number of methoxy groups -OCH3 is 2. The van der Waals surface area contributed by atoms with Crippen LogP contribution in [0.5, 0.6) is 0 Å². The molecule has 2 aromatic heterocycles. The maximum absolute atomic E-state index is 13.6. The van der Waals surface area contributed by atoms with Gasteiger partial charge in [0.15, 0.2) is 0 Å². The number of H-pyrrole nitrogens is 2. The summed E-state index contributed by atoms with van der Waals surface area (Å²) in [6.45, 7) is 8.75. The molecule has 6 rings (SSSR count). The molecule has 2 saturated heterocycles. The molecule has 2 aliphatic rings.